The zero-order valence-corrected chi connectivity index (χ0v) is 16.9. The number of thiophene rings is 1. The first kappa shape index (κ1) is 18.9. The van der Waals surface area contributed by atoms with Gasteiger partial charge in [-0.25, -0.2) is 0 Å². The van der Waals surface area contributed by atoms with Gasteiger partial charge in [-0.15, -0.1) is 11.3 Å². The van der Waals surface area contributed by atoms with Crippen molar-refractivity contribution in [2.45, 2.75) is 19.9 Å². The number of fused-ring (bicyclic) bond motifs is 1. The molecule has 0 aliphatic carbocycles. The Morgan fingerprint density at radius 1 is 1.21 bits per heavy atom. The summed E-state index contributed by atoms with van der Waals surface area (Å²) in [6, 6.07) is 12.3. The summed E-state index contributed by atoms with van der Waals surface area (Å²) < 4.78 is 10.7. The number of aryl methyl sites for hydroxylation is 1. The van der Waals surface area contributed by atoms with Crippen LogP contribution < -0.4 is 5.32 Å². The van der Waals surface area contributed by atoms with Crippen molar-refractivity contribution in [2.75, 3.05) is 12.4 Å². The molecule has 0 fully saturated rings. The lowest BCUT2D eigenvalue weighted by Gasteiger charge is -2.22. The van der Waals surface area contributed by atoms with E-state index in [4.69, 9.17) is 8.94 Å². The maximum absolute atomic E-state index is 12.8. The average Bonchev–Trinajstić information content (AvgIpc) is 3.46. The van der Waals surface area contributed by atoms with Gasteiger partial charge >= 0.3 is 0 Å². The quantitative estimate of drug-likeness (QED) is 0.508. The van der Waals surface area contributed by atoms with E-state index in [2.05, 4.69) is 10.5 Å². The molecule has 0 saturated carbocycles. The van der Waals surface area contributed by atoms with Crippen LogP contribution in [0.25, 0.3) is 11.0 Å². The summed E-state index contributed by atoms with van der Waals surface area (Å²) >= 11 is 1.61. The molecule has 7 nitrogen and oxygen atoms in total. The van der Waals surface area contributed by atoms with Gasteiger partial charge in [0, 0.05) is 29.1 Å². The highest BCUT2D eigenvalue weighted by Crippen LogP contribution is 2.28. The molecule has 0 aliphatic rings. The lowest BCUT2D eigenvalue weighted by atomic mass is 10.2. The van der Waals surface area contributed by atoms with Crippen molar-refractivity contribution >= 4 is 39.8 Å². The molecule has 3 aromatic heterocycles. The summed E-state index contributed by atoms with van der Waals surface area (Å²) in [5.41, 5.74) is 1.35. The number of benzene rings is 1. The Bertz CT molecular complexity index is 1180. The first-order chi connectivity index (χ1) is 13.9. The molecule has 1 atom stereocenters. The van der Waals surface area contributed by atoms with Crippen molar-refractivity contribution in [2.24, 2.45) is 0 Å². The van der Waals surface area contributed by atoms with Gasteiger partial charge in [0.15, 0.2) is 11.5 Å². The van der Waals surface area contributed by atoms with E-state index < -0.39 is 0 Å². The van der Waals surface area contributed by atoms with E-state index in [0.717, 1.165) is 10.3 Å². The lowest BCUT2D eigenvalue weighted by molar-refractivity contribution is 0.0715. The van der Waals surface area contributed by atoms with E-state index in [9.17, 15) is 9.59 Å². The van der Waals surface area contributed by atoms with Crippen LogP contribution in [0.15, 0.2) is 56.8 Å². The minimum atomic E-state index is -0.370. The van der Waals surface area contributed by atoms with Gasteiger partial charge in [-0.3, -0.25) is 9.59 Å². The number of furan rings is 1. The van der Waals surface area contributed by atoms with Gasteiger partial charge in [0.25, 0.3) is 11.8 Å². The van der Waals surface area contributed by atoms with Gasteiger partial charge in [0.05, 0.1) is 6.04 Å². The third-order valence-electron chi connectivity index (χ3n) is 4.70. The molecule has 29 heavy (non-hydrogen) atoms. The first-order valence-corrected chi connectivity index (χ1v) is 9.89. The number of hydrogen-bond acceptors (Lipinski definition) is 6. The number of anilines is 1. The number of carbonyl (C=O) groups is 2. The molecule has 0 saturated heterocycles. The van der Waals surface area contributed by atoms with Crippen molar-refractivity contribution in [3.8, 4) is 0 Å². The minimum absolute atomic E-state index is 0.0588. The second-order valence-electron chi connectivity index (χ2n) is 6.75. The number of hydrogen-bond donors (Lipinski definition) is 1. The number of nitrogens with zero attached hydrogens (tertiary/aromatic N) is 2. The van der Waals surface area contributed by atoms with Crippen LogP contribution in [0.2, 0.25) is 0 Å². The van der Waals surface area contributed by atoms with Crippen LogP contribution in [0.3, 0.4) is 0 Å². The van der Waals surface area contributed by atoms with Gasteiger partial charge in [0.2, 0.25) is 0 Å². The molecule has 1 aromatic carbocycles. The molecule has 1 N–H and O–H groups in total. The van der Waals surface area contributed by atoms with Crippen molar-refractivity contribution in [3.63, 3.8) is 0 Å². The minimum Gasteiger partial charge on any atom is -0.451 e. The Morgan fingerprint density at radius 3 is 2.72 bits per heavy atom. The van der Waals surface area contributed by atoms with Crippen LogP contribution in [0, 0.1) is 6.92 Å². The topological polar surface area (TPSA) is 88.6 Å². The molecule has 148 valence electrons. The number of rotatable bonds is 5. The Kier molecular flexibility index (Phi) is 4.94. The monoisotopic (exact) mass is 409 g/mol. The number of carbonyl (C=O) groups excluding carboxylic acids is 2. The van der Waals surface area contributed by atoms with Crippen molar-refractivity contribution in [3.05, 3.63) is 69.9 Å². The Hall–Kier alpha value is -3.39. The molecule has 2 amide bonds. The number of amides is 2. The third kappa shape index (κ3) is 3.79. The summed E-state index contributed by atoms with van der Waals surface area (Å²) in [5, 5.41) is 9.18. The highest BCUT2D eigenvalue weighted by molar-refractivity contribution is 7.10. The van der Waals surface area contributed by atoms with Crippen LogP contribution >= 0.6 is 11.3 Å². The Morgan fingerprint density at radius 2 is 2.03 bits per heavy atom. The second-order valence-corrected chi connectivity index (χ2v) is 7.73. The van der Waals surface area contributed by atoms with Gasteiger partial charge in [-0.2, -0.15) is 0 Å². The predicted molar refractivity (Wildman–Crippen MR) is 110 cm³/mol. The molecule has 1 unspecified atom stereocenters. The largest absolute Gasteiger partial charge is 0.451 e. The van der Waals surface area contributed by atoms with Crippen LogP contribution in [0.5, 0.6) is 0 Å². The molecule has 3 heterocycles. The summed E-state index contributed by atoms with van der Waals surface area (Å²) in [5.74, 6) is 0.238. The SMILES string of the molecule is Cc1cc(C(=O)Nc2ccc3oc(C(=O)N(C)C(C)c4cccs4)cc3c2)no1. The van der Waals surface area contributed by atoms with E-state index in [1.807, 2.05) is 24.4 Å². The first-order valence-electron chi connectivity index (χ1n) is 9.01. The summed E-state index contributed by atoms with van der Waals surface area (Å²) in [6.45, 7) is 3.70. The highest BCUT2D eigenvalue weighted by atomic mass is 32.1. The molecule has 0 spiro atoms. The van der Waals surface area contributed by atoms with Crippen LogP contribution in [0.1, 0.15) is 44.6 Å². The molecule has 0 bridgehead atoms. The summed E-state index contributed by atoms with van der Waals surface area (Å²) in [7, 11) is 1.76. The second kappa shape index (κ2) is 7.56. The standard InChI is InChI=1S/C21H19N3O4S/c1-12-9-16(23-28-12)20(25)22-15-6-7-17-14(10-15)11-18(27-17)21(26)24(3)13(2)19-5-4-8-29-19/h4-11,13H,1-3H3,(H,22,25). The van der Waals surface area contributed by atoms with Crippen LogP contribution in [-0.2, 0) is 0 Å². The van der Waals surface area contributed by atoms with E-state index in [0.29, 0.717) is 17.0 Å². The number of aromatic nitrogens is 1. The maximum atomic E-state index is 12.8. The normalized spacial score (nSPS) is 12.1. The maximum Gasteiger partial charge on any atom is 0.289 e. The zero-order chi connectivity index (χ0) is 20.5. The fourth-order valence-corrected chi connectivity index (χ4v) is 3.79. The molecule has 8 heteroatoms. The molecular weight excluding hydrogens is 390 g/mol. The molecule has 0 radical (unpaired) electrons. The lowest BCUT2D eigenvalue weighted by Crippen LogP contribution is -2.28. The number of nitrogens with one attached hydrogen (secondary N) is 1. The van der Waals surface area contributed by atoms with Gasteiger partial charge in [-0.1, -0.05) is 11.2 Å². The van der Waals surface area contributed by atoms with Gasteiger partial charge in [0.1, 0.15) is 11.3 Å². The van der Waals surface area contributed by atoms with E-state index in [-0.39, 0.29) is 29.3 Å². The molecule has 4 rings (SSSR count). The summed E-state index contributed by atoms with van der Waals surface area (Å²) in [4.78, 5) is 27.8. The summed E-state index contributed by atoms with van der Waals surface area (Å²) in [6.07, 6.45) is 0. The van der Waals surface area contributed by atoms with Gasteiger partial charge < -0.3 is 19.2 Å². The Labute approximate surface area is 170 Å². The zero-order valence-electron chi connectivity index (χ0n) is 16.1. The fraction of sp³-hybridized carbons (Fsp3) is 0.190. The Balaban J connectivity index is 1.53. The predicted octanol–water partition coefficient (Wildman–Crippen LogP) is 4.88. The van der Waals surface area contributed by atoms with E-state index >= 15 is 0 Å². The van der Waals surface area contributed by atoms with Crippen molar-refractivity contribution < 1.29 is 18.5 Å². The average molecular weight is 409 g/mol. The highest BCUT2D eigenvalue weighted by Gasteiger charge is 2.23. The smallest absolute Gasteiger partial charge is 0.289 e. The molecular formula is C21H19N3O4S. The fourth-order valence-electron chi connectivity index (χ4n) is 2.96. The van der Waals surface area contributed by atoms with Gasteiger partial charge in [-0.05, 0) is 49.6 Å². The van der Waals surface area contributed by atoms with Crippen LogP contribution in [-0.4, -0.2) is 28.9 Å². The van der Waals surface area contributed by atoms with E-state index in [1.54, 1.807) is 60.5 Å². The van der Waals surface area contributed by atoms with E-state index in [1.165, 1.54) is 0 Å². The molecule has 0 aliphatic heterocycles. The van der Waals surface area contributed by atoms with Crippen molar-refractivity contribution in [1.29, 1.82) is 0 Å². The van der Waals surface area contributed by atoms with Crippen LogP contribution in [0.4, 0.5) is 5.69 Å². The van der Waals surface area contributed by atoms with Crippen molar-refractivity contribution in [1.82, 2.24) is 10.1 Å². The molecule has 4 aromatic rings. The third-order valence-corrected chi connectivity index (χ3v) is 5.74.